The fourth-order valence-electron chi connectivity index (χ4n) is 4.03. The SMILES string of the molecule is O=C(OC[C@@]1(O)CO[C@H](O[C@H]2[C@@H](Oc3ccc(CO)cc3)O[C@H](CO)[C@@H](O)[C@@H]2O)[C@@H]1O)c1ccc(O)cc1. The molecule has 0 bridgehead atoms. The van der Waals surface area contributed by atoms with E-state index in [4.69, 9.17) is 23.7 Å². The minimum atomic E-state index is -2.07. The second-order valence-corrected chi connectivity index (χ2v) is 9.08. The van der Waals surface area contributed by atoms with Crippen molar-refractivity contribution in [2.24, 2.45) is 0 Å². The number of rotatable bonds is 9. The molecule has 0 aliphatic carbocycles. The van der Waals surface area contributed by atoms with Crippen LogP contribution in [0.1, 0.15) is 15.9 Å². The first-order valence-corrected chi connectivity index (χ1v) is 11.8. The fourth-order valence-corrected chi connectivity index (χ4v) is 4.03. The second kappa shape index (κ2) is 11.9. The van der Waals surface area contributed by atoms with Gasteiger partial charge in [-0.25, -0.2) is 4.79 Å². The Bertz CT molecular complexity index is 1060. The highest BCUT2D eigenvalue weighted by molar-refractivity contribution is 5.89. The molecule has 0 radical (unpaired) electrons. The van der Waals surface area contributed by atoms with Crippen LogP contribution in [0.4, 0.5) is 0 Å². The van der Waals surface area contributed by atoms with Crippen LogP contribution in [0.15, 0.2) is 48.5 Å². The van der Waals surface area contributed by atoms with E-state index in [1.165, 1.54) is 36.4 Å². The molecule has 0 unspecified atom stereocenters. The number of esters is 1. The number of phenolic OH excluding ortho intramolecular Hbond substituents is 1. The highest BCUT2D eigenvalue weighted by Crippen LogP contribution is 2.32. The van der Waals surface area contributed by atoms with Crippen molar-refractivity contribution in [3.8, 4) is 11.5 Å². The van der Waals surface area contributed by atoms with Crippen molar-refractivity contribution < 1.29 is 64.2 Å². The van der Waals surface area contributed by atoms with Crippen molar-refractivity contribution in [3.05, 3.63) is 59.7 Å². The van der Waals surface area contributed by atoms with Crippen LogP contribution in [0, 0.1) is 0 Å². The first kappa shape index (κ1) is 28.2. The molecule has 2 saturated heterocycles. The van der Waals surface area contributed by atoms with Crippen LogP contribution < -0.4 is 4.74 Å². The largest absolute Gasteiger partial charge is 0.508 e. The maximum absolute atomic E-state index is 12.3. The summed E-state index contributed by atoms with van der Waals surface area (Å²) < 4.78 is 27.5. The van der Waals surface area contributed by atoms with E-state index in [1.807, 2.05) is 0 Å². The molecule has 208 valence electrons. The third-order valence-electron chi connectivity index (χ3n) is 6.34. The van der Waals surface area contributed by atoms with Gasteiger partial charge < -0.3 is 59.4 Å². The molecule has 2 aliphatic heterocycles. The number of benzene rings is 2. The molecule has 38 heavy (non-hydrogen) atoms. The topological polar surface area (TPSA) is 205 Å². The summed E-state index contributed by atoms with van der Waals surface area (Å²) in [5.74, 6) is -0.606. The third kappa shape index (κ3) is 6.07. The molecule has 0 saturated carbocycles. The molecule has 7 N–H and O–H groups in total. The molecule has 13 nitrogen and oxygen atoms in total. The maximum Gasteiger partial charge on any atom is 0.338 e. The Morgan fingerprint density at radius 1 is 0.974 bits per heavy atom. The predicted molar refractivity (Wildman–Crippen MR) is 125 cm³/mol. The zero-order chi connectivity index (χ0) is 27.4. The molecule has 0 spiro atoms. The third-order valence-corrected chi connectivity index (χ3v) is 6.34. The number of phenols is 1. The van der Waals surface area contributed by atoms with E-state index in [0.717, 1.165) is 0 Å². The first-order chi connectivity index (χ1) is 18.1. The van der Waals surface area contributed by atoms with Crippen LogP contribution in [-0.4, -0.2) is 110 Å². The normalized spacial score (nSPS) is 33.2. The minimum absolute atomic E-state index is 0.0476. The lowest BCUT2D eigenvalue weighted by Crippen LogP contribution is -2.62. The monoisotopic (exact) mass is 538 g/mol. The van der Waals surface area contributed by atoms with E-state index in [-0.39, 0.29) is 23.7 Å². The van der Waals surface area contributed by atoms with Gasteiger partial charge in [0.25, 0.3) is 0 Å². The van der Waals surface area contributed by atoms with Crippen molar-refractivity contribution in [2.45, 2.75) is 55.3 Å². The zero-order valence-corrected chi connectivity index (χ0v) is 20.1. The minimum Gasteiger partial charge on any atom is -0.508 e. The fraction of sp³-hybridized carbons (Fsp3) is 0.480. The van der Waals surface area contributed by atoms with Gasteiger partial charge in [0.2, 0.25) is 6.29 Å². The first-order valence-electron chi connectivity index (χ1n) is 11.8. The van der Waals surface area contributed by atoms with Gasteiger partial charge in [0.05, 0.1) is 25.4 Å². The smallest absolute Gasteiger partial charge is 0.338 e. The lowest BCUT2D eigenvalue weighted by Gasteiger charge is -2.42. The van der Waals surface area contributed by atoms with Crippen LogP contribution in [0.5, 0.6) is 11.5 Å². The summed E-state index contributed by atoms with van der Waals surface area (Å²) in [7, 11) is 0. The van der Waals surface area contributed by atoms with E-state index in [2.05, 4.69) is 0 Å². The van der Waals surface area contributed by atoms with Crippen molar-refractivity contribution in [2.75, 3.05) is 19.8 Å². The average molecular weight is 539 g/mol. The molecule has 13 heteroatoms. The highest BCUT2D eigenvalue weighted by Gasteiger charge is 2.54. The maximum atomic E-state index is 12.3. The van der Waals surface area contributed by atoms with E-state index in [9.17, 15) is 40.5 Å². The summed E-state index contributed by atoms with van der Waals surface area (Å²) in [6.07, 6.45) is -10.6. The van der Waals surface area contributed by atoms with Gasteiger partial charge in [-0.3, -0.25) is 0 Å². The standard InChI is InChI=1S/C25H30O13/c26-9-13-1-7-16(8-2-13)36-23-20(19(30)18(29)17(10-27)37-23)38-24-21(31)25(33,12-35-24)11-34-22(32)14-3-5-15(28)6-4-14/h1-8,17-21,23-24,26-31,33H,9-12H2/t17-,18-,19+,20-,21+,23+,24-,25-/m1/s1. The predicted octanol–water partition coefficient (Wildman–Crippen LogP) is -1.61. The molecule has 4 rings (SSSR count). The Hall–Kier alpha value is -2.85. The number of ether oxygens (including phenoxy) is 5. The lowest BCUT2D eigenvalue weighted by atomic mass is 9.98. The quantitative estimate of drug-likeness (QED) is 0.180. The van der Waals surface area contributed by atoms with Crippen LogP contribution in [0.3, 0.4) is 0 Å². The van der Waals surface area contributed by atoms with Crippen LogP contribution >= 0.6 is 0 Å². The molecule has 2 fully saturated rings. The zero-order valence-electron chi connectivity index (χ0n) is 20.1. The van der Waals surface area contributed by atoms with Crippen LogP contribution in [0.2, 0.25) is 0 Å². The number of carbonyl (C=O) groups excluding carboxylic acids is 1. The highest BCUT2D eigenvalue weighted by atomic mass is 16.8. The number of hydrogen-bond donors (Lipinski definition) is 7. The number of aliphatic hydroxyl groups is 6. The summed E-state index contributed by atoms with van der Waals surface area (Å²) in [5, 5.41) is 70.7. The Morgan fingerprint density at radius 2 is 1.66 bits per heavy atom. The van der Waals surface area contributed by atoms with Gasteiger partial charge in [-0.05, 0) is 42.0 Å². The van der Waals surface area contributed by atoms with Crippen molar-refractivity contribution in [1.82, 2.24) is 0 Å². The van der Waals surface area contributed by atoms with Crippen LogP contribution in [0.25, 0.3) is 0 Å². The summed E-state index contributed by atoms with van der Waals surface area (Å²) in [6, 6.07) is 11.5. The lowest BCUT2D eigenvalue weighted by molar-refractivity contribution is -0.318. The van der Waals surface area contributed by atoms with Gasteiger partial charge >= 0.3 is 5.97 Å². The number of hydrogen-bond acceptors (Lipinski definition) is 13. The van der Waals surface area contributed by atoms with E-state index >= 15 is 0 Å². The summed E-state index contributed by atoms with van der Waals surface area (Å²) in [6.45, 7) is -1.98. The average Bonchev–Trinajstić information content (AvgIpc) is 3.21. The van der Waals surface area contributed by atoms with Crippen LogP contribution in [-0.2, 0) is 25.6 Å². The van der Waals surface area contributed by atoms with Gasteiger partial charge in [-0.2, -0.15) is 0 Å². The molecular formula is C25H30O13. The van der Waals surface area contributed by atoms with Gasteiger partial charge in [0, 0.05) is 0 Å². The molecule has 0 aromatic heterocycles. The Balaban J connectivity index is 1.43. The molecule has 2 aromatic carbocycles. The van der Waals surface area contributed by atoms with Crippen molar-refractivity contribution in [3.63, 3.8) is 0 Å². The van der Waals surface area contributed by atoms with Gasteiger partial charge in [-0.15, -0.1) is 0 Å². The van der Waals surface area contributed by atoms with Crippen molar-refractivity contribution >= 4 is 5.97 Å². The van der Waals surface area contributed by atoms with Gasteiger partial charge in [0.15, 0.2) is 18.0 Å². The summed E-state index contributed by atoms with van der Waals surface area (Å²) in [4.78, 5) is 12.3. The summed E-state index contributed by atoms with van der Waals surface area (Å²) >= 11 is 0. The van der Waals surface area contributed by atoms with Gasteiger partial charge in [-0.1, -0.05) is 12.1 Å². The number of carbonyl (C=O) groups is 1. The number of aromatic hydroxyl groups is 1. The molecule has 2 heterocycles. The Morgan fingerprint density at radius 3 is 2.29 bits per heavy atom. The van der Waals surface area contributed by atoms with E-state index in [0.29, 0.717) is 5.56 Å². The van der Waals surface area contributed by atoms with Crippen molar-refractivity contribution in [1.29, 1.82) is 0 Å². The molecular weight excluding hydrogens is 508 g/mol. The Labute approximate surface area is 217 Å². The van der Waals surface area contributed by atoms with E-state index < -0.39 is 74.5 Å². The summed E-state index contributed by atoms with van der Waals surface area (Å²) in [5.41, 5.74) is -1.35. The Kier molecular flexibility index (Phi) is 8.82. The molecule has 2 aromatic rings. The second-order valence-electron chi connectivity index (χ2n) is 9.08. The molecule has 0 amide bonds. The van der Waals surface area contributed by atoms with E-state index in [1.54, 1.807) is 12.1 Å². The molecule has 8 atom stereocenters. The molecule has 2 aliphatic rings. The number of aliphatic hydroxyl groups excluding tert-OH is 5. The van der Waals surface area contributed by atoms with Gasteiger partial charge in [0.1, 0.15) is 42.5 Å².